The number of hydrogen-bond acceptors (Lipinski definition) is 4. The Morgan fingerprint density at radius 1 is 1.03 bits per heavy atom. The molecule has 0 amide bonds. The lowest BCUT2D eigenvalue weighted by Gasteiger charge is -2.26. The number of nitrogens with one attached hydrogen (secondary N) is 1. The number of halogens is 3. The molecule has 0 saturated carbocycles. The van der Waals surface area contributed by atoms with Gasteiger partial charge in [-0.05, 0) is 68.5 Å². The Labute approximate surface area is 172 Å². The van der Waals surface area contributed by atoms with Crippen LogP contribution >= 0.6 is 11.3 Å². The number of hydrogen-bond donors (Lipinski definition) is 1. The molecule has 3 aromatic rings. The van der Waals surface area contributed by atoms with Crippen molar-refractivity contribution in [1.29, 1.82) is 0 Å². The molecule has 0 aliphatic carbocycles. The normalized spacial score (nSPS) is 15.7. The second-order valence-electron chi connectivity index (χ2n) is 7.45. The number of alkyl halides is 3. The summed E-state index contributed by atoms with van der Waals surface area (Å²) in [5.41, 5.74) is 2.59. The summed E-state index contributed by atoms with van der Waals surface area (Å²) in [7, 11) is 0. The van der Waals surface area contributed by atoms with Crippen LogP contribution in [0.4, 0.5) is 18.9 Å². The number of fused-ring (bicyclic) bond motifs is 1. The zero-order valence-corrected chi connectivity index (χ0v) is 17.0. The van der Waals surface area contributed by atoms with Crippen LogP contribution in [0, 0.1) is 0 Å². The average molecular weight is 420 g/mol. The highest BCUT2D eigenvalue weighted by Gasteiger charge is 2.30. The van der Waals surface area contributed by atoms with Crippen molar-refractivity contribution in [2.45, 2.75) is 31.9 Å². The van der Waals surface area contributed by atoms with E-state index in [2.05, 4.69) is 15.2 Å². The fourth-order valence-electron chi connectivity index (χ4n) is 3.77. The van der Waals surface area contributed by atoms with E-state index < -0.39 is 11.7 Å². The van der Waals surface area contributed by atoms with E-state index in [9.17, 15) is 13.2 Å². The SMILES string of the molecule is FC(F)(F)c1ccc(-c2cc(NCCCN3CCCCC3)c3sccc3n2)cc1. The summed E-state index contributed by atoms with van der Waals surface area (Å²) in [4.78, 5) is 7.16. The van der Waals surface area contributed by atoms with E-state index in [1.807, 2.05) is 17.5 Å². The van der Waals surface area contributed by atoms with Crippen LogP contribution in [0.15, 0.2) is 41.8 Å². The first-order valence-corrected chi connectivity index (χ1v) is 10.9. The third kappa shape index (κ3) is 4.90. The molecular formula is C22H24F3N3S. The molecule has 1 N–H and O–H groups in total. The number of anilines is 1. The van der Waals surface area contributed by atoms with Crippen molar-refractivity contribution in [2.75, 3.05) is 31.5 Å². The monoisotopic (exact) mass is 419 g/mol. The number of piperidine rings is 1. The predicted molar refractivity (Wildman–Crippen MR) is 113 cm³/mol. The standard InChI is InChI=1S/C22H24F3N3S/c23-22(24,25)17-7-5-16(6-8-17)19-15-20(21-18(27-19)9-14-29-21)26-10-4-13-28-11-2-1-3-12-28/h5-9,14-15H,1-4,10-13H2,(H,26,27). The van der Waals surface area contributed by atoms with E-state index in [-0.39, 0.29) is 0 Å². The summed E-state index contributed by atoms with van der Waals surface area (Å²) >= 11 is 1.63. The molecule has 7 heteroatoms. The summed E-state index contributed by atoms with van der Waals surface area (Å²) in [5.74, 6) is 0. The fourth-order valence-corrected chi connectivity index (χ4v) is 4.60. The van der Waals surface area contributed by atoms with Gasteiger partial charge in [0.25, 0.3) is 0 Å². The second kappa shape index (κ2) is 8.71. The fraction of sp³-hybridized carbons (Fsp3) is 0.409. The molecule has 0 bridgehead atoms. The molecule has 1 aromatic carbocycles. The van der Waals surface area contributed by atoms with Crippen LogP contribution in [0.3, 0.4) is 0 Å². The maximum absolute atomic E-state index is 12.8. The molecule has 1 aliphatic heterocycles. The van der Waals surface area contributed by atoms with Gasteiger partial charge in [-0.1, -0.05) is 18.6 Å². The van der Waals surface area contributed by atoms with Gasteiger partial charge in [0.05, 0.1) is 27.2 Å². The van der Waals surface area contributed by atoms with Gasteiger partial charge < -0.3 is 10.2 Å². The molecule has 0 atom stereocenters. The number of nitrogens with zero attached hydrogens (tertiary/aromatic N) is 2. The Balaban J connectivity index is 1.48. The van der Waals surface area contributed by atoms with E-state index in [1.54, 1.807) is 11.3 Å². The molecular weight excluding hydrogens is 395 g/mol. The van der Waals surface area contributed by atoms with Gasteiger partial charge in [-0.25, -0.2) is 4.98 Å². The first kappa shape index (κ1) is 20.2. The Morgan fingerprint density at radius 3 is 2.52 bits per heavy atom. The Kier molecular flexibility index (Phi) is 6.06. The lowest BCUT2D eigenvalue weighted by atomic mass is 10.1. The van der Waals surface area contributed by atoms with Gasteiger partial charge in [0.15, 0.2) is 0 Å². The van der Waals surface area contributed by atoms with Crippen LogP contribution < -0.4 is 5.32 Å². The molecule has 3 nitrogen and oxygen atoms in total. The highest BCUT2D eigenvalue weighted by atomic mass is 32.1. The summed E-state index contributed by atoms with van der Waals surface area (Å²) in [6.07, 6.45) is 0.665. The molecule has 29 heavy (non-hydrogen) atoms. The summed E-state index contributed by atoms with van der Waals surface area (Å²) in [6.45, 7) is 4.35. The van der Waals surface area contributed by atoms with Crippen molar-refractivity contribution in [1.82, 2.24) is 9.88 Å². The third-order valence-electron chi connectivity index (χ3n) is 5.33. The van der Waals surface area contributed by atoms with Crippen LogP contribution in [-0.4, -0.2) is 36.1 Å². The molecule has 1 fully saturated rings. The van der Waals surface area contributed by atoms with Crippen LogP contribution in [-0.2, 0) is 6.18 Å². The maximum Gasteiger partial charge on any atom is 0.416 e. The quantitative estimate of drug-likeness (QED) is 0.477. The molecule has 1 aliphatic rings. The van der Waals surface area contributed by atoms with Gasteiger partial charge in [-0.2, -0.15) is 13.2 Å². The van der Waals surface area contributed by atoms with Gasteiger partial charge in [0.1, 0.15) is 0 Å². The minimum absolute atomic E-state index is 0.645. The number of thiophene rings is 1. The molecule has 154 valence electrons. The lowest BCUT2D eigenvalue weighted by molar-refractivity contribution is -0.137. The highest BCUT2D eigenvalue weighted by molar-refractivity contribution is 7.17. The largest absolute Gasteiger partial charge is 0.416 e. The molecule has 2 aromatic heterocycles. The van der Waals surface area contributed by atoms with Crippen molar-refractivity contribution >= 4 is 27.2 Å². The Morgan fingerprint density at radius 2 is 1.79 bits per heavy atom. The van der Waals surface area contributed by atoms with Crippen molar-refractivity contribution < 1.29 is 13.2 Å². The lowest BCUT2D eigenvalue weighted by Crippen LogP contribution is -2.31. The van der Waals surface area contributed by atoms with Crippen molar-refractivity contribution in [2.24, 2.45) is 0 Å². The smallest absolute Gasteiger partial charge is 0.384 e. The van der Waals surface area contributed by atoms with E-state index >= 15 is 0 Å². The second-order valence-corrected chi connectivity index (χ2v) is 8.36. The first-order valence-electron chi connectivity index (χ1n) is 10.0. The van der Waals surface area contributed by atoms with Crippen LogP contribution in [0.2, 0.25) is 0 Å². The molecule has 4 rings (SSSR count). The van der Waals surface area contributed by atoms with E-state index in [4.69, 9.17) is 0 Å². The van der Waals surface area contributed by atoms with E-state index in [1.165, 1.54) is 44.5 Å². The van der Waals surface area contributed by atoms with Crippen molar-refractivity contribution in [3.05, 3.63) is 47.3 Å². The van der Waals surface area contributed by atoms with Gasteiger partial charge in [-0.3, -0.25) is 0 Å². The zero-order valence-electron chi connectivity index (χ0n) is 16.1. The highest BCUT2D eigenvalue weighted by Crippen LogP contribution is 2.34. The molecule has 3 heterocycles. The number of benzene rings is 1. The van der Waals surface area contributed by atoms with Gasteiger partial charge in [0.2, 0.25) is 0 Å². The molecule has 0 radical (unpaired) electrons. The van der Waals surface area contributed by atoms with Crippen LogP contribution in [0.5, 0.6) is 0 Å². The predicted octanol–water partition coefficient (Wildman–Crippen LogP) is 6.27. The number of rotatable bonds is 6. The summed E-state index contributed by atoms with van der Waals surface area (Å²) < 4.78 is 39.6. The average Bonchev–Trinajstić information content (AvgIpc) is 3.20. The third-order valence-corrected chi connectivity index (χ3v) is 6.27. The zero-order chi connectivity index (χ0) is 20.3. The summed E-state index contributed by atoms with van der Waals surface area (Å²) in [6, 6.07) is 9.10. The molecule has 0 unspecified atom stereocenters. The van der Waals surface area contributed by atoms with Gasteiger partial charge in [-0.15, -0.1) is 11.3 Å². The minimum Gasteiger partial charge on any atom is -0.384 e. The van der Waals surface area contributed by atoms with Crippen LogP contribution in [0.1, 0.15) is 31.2 Å². The number of aromatic nitrogens is 1. The summed E-state index contributed by atoms with van der Waals surface area (Å²) in [5, 5.41) is 5.52. The number of likely N-dealkylation sites (tertiary alicyclic amines) is 1. The van der Waals surface area contributed by atoms with Crippen molar-refractivity contribution in [3.63, 3.8) is 0 Å². The Bertz CT molecular complexity index is 944. The molecule has 1 saturated heterocycles. The topological polar surface area (TPSA) is 28.2 Å². The number of pyridine rings is 1. The van der Waals surface area contributed by atoms with E-state index in [0.717, 1.165) is 47.5 Å². The molecule has 0 spiro atoms. The maximum atomic E-state index is 12.8. The van der Waals surface area contributed by atoms with Crippen molar-refractivity contribution in [3.8, 4) is 11.3 Å². The van der Waals surface area contributed by atoms with E-state index in [0.29, 0.717) is 11.3 Å². The Hall–Kier alpha value is -2.12. The van der Waals surface area contributed by atoms with Crippen LogP contribution in [0.25, 0.3) is 21.5 Å². The minimum atomic E-state index is -4.33. The van der Waals surface area contributed by atoms with Gasteiger partial charge in [0, 0.05) is 12.1 Å². The van der Waals surface area contributed by atoms with Gasteiger partial charge >= 0.3 is 6.18 Å². The first-order chi connectivity index (χ1) is 14.0.